The van der Waals surface area contributed by atoms with Gasteiger partial charge < -0.3 is 15.7 Å². The van der Waals surface area contributed by atoms with Crippen molar-refractivity contribution in [2.24, 2.45) is 0 Å². The third-order valence-corrected chi connectivity index (χ3v) is 4.22. The molecule has 0 bridgehead atoms. The van der Waals surface area contributed by atoms with Gasteiger partial charge in [0.05, 0.1) is 22.5 Å². The third kappa shape index (κ3) is 4.74. The molecule has 5 nitrogen and oxygen atoms in total. The molecule has 7 heteroatoms. The number of halogens is 1. The summed E-state index contributed by atoms with van der Waals surface area (Å²) >= 11 is 7.07. The highest BCUT2D eigenvalue weighted by atomic mass is 35.5. The molecule has 1 aromatic carbocycles. The van der Waals surface area contributed by atoms with Crippen molar-refractivity contribution in [3.8, 4) is 6.07 Å². The average molecular weight is 336 g/mol. The maximum Gasteiger partial charge on any atom is 0.315 e. The Morgan fingerprint density at radius 1 is 1.36 bits per heavy atom. The number of hydrogen-bond donors (Lipinski definition) is 3. The summed E-state index contributed by atoms with van der Waals surface area (Å²) in [5, 5.41) is 24.0. The van der Waals surface area contributed by atoms with E-state index in [9.17, 15) is 9.90 Å². The van der Waals surface area contributed by atoms with Crippen LogP contribution in [0.4, 0.5) is 4.79 Å². The summed E-state index contributed by atoms with van der Waals surface area (Å²) in [7, 11) is 0. The van der Waals surface area contributed by atoms with E-state index in [2.05, 4.69) is 10.6 Å². The number of aliphatic hydroxyl groups excluding tert-OH is 1. The molecule has 0 spiro atoms. The lowest BCUT2D eigenvalue weighted by molar-refractivity contribution is 0.176. The molecule has 2 amide bonds. The Morgan fingerprint density at radius 3 is 2.86 bits per heavy atom. The van der Waals surface area contributed by atoms with Crippen LogP contribution in [0.3, 0.4) is 0 Å². The molecular formula is C15H14ClN3O2S. The molecule has 0 aliphatic heterocycles. The quantitative estimate of drug-likeness (QED) is 0.785. The normalized spacial score (nSPS) is 11.5. The molecule has 0 saturated heterocycles. The van der Waals surface area contributed by atoms with Crippen molar-refractivity contribution in [2.75, 3.05) is 6.54 Å². The van der Waals surface area contributed by atoms with Crippen LogP contribution in [0.1, 0.15) is 22.1 Å². The zero-order valence-corrected chi connectivity index (χ0v) is 13.1. The van der Waals surface area contributed by atoms with Crippen LogP contribution in [0.25, 0.3) is 0 Å². The summed E-state index contributed by atoms with van der Waals surface area (Å²) in [5.41, 5.74) is 1.38. The first-order valence-corrected chi connectivity index (χ1v) is 7.72. The molecule has 114 valence electrons. The molecule has 2 rings (SSSR count). The molecule has 1 atom stereocenters. The van der Waals surface area contributed by atoms with Crippen LogP contribution >= 0.6 is 22.9 Å². The van der Waals surface area contributed by atoms with E-state index >= 15 is 0 Å². The lowest BCUT2D eigenvalue weighted by atomic mass is 10.1. The summed E-state index contributed by atoms with van der Waals surface area (Å²) in [4.78, 5) is 12.4. The molecule has 0 saturated carbocycles. The first-order chi connectivity index (χ1) is 10.6. The molecule has 2 aromatic rings. The SMILES string of the molecule is N#Cc1cccc(CNC(=O)NCC(O)c2ccc(Cl)s2)c1. The first-order valence-electron chi connectivity index (χ1n) is 6.52. The number of nitrogens with zero attached hydrogens (tertiary/aromatic N) is 1. The van der Waals surface area contributed by atoms with E-state index in [0.717, 1.165) is 5.56 Å². The molecule has 0 radical (unpaired) electrons. The van der Waals surface area contributed by atoms with Crippen LogP contribution in [0.15, 0.2) is 36.4 Å². The van der Waals surface area contributed by atoms with Gasteiger partial charge in [0.15, 0.2) is 0 Å². The highest BCUT2D eigenvalue weighted by Gasteiger charge is 2.11. The van der Waals surface area contributed by atoms with Crippen LogP contribution in [0, 0.1) is 11.3 Å². The Hall–Kier alpha value is -2.07. The van der Waals surface area contributed by atoms with E-state index in [1.165, 1.54) is 11.3 Å². The smallest absolute Gasteiger partial charge is 0.315 e. The van der Waals surface area contributed by atoms with E-state index in [1.54, 1.807) is 30.3 Å². The minimum absolute atomic E-state index is 0.0981. The maximum absolute atomic E-state index is 11.7. The second kappa shape index (κ2) is 7.80. The number of benzene rings is 1. The summed E-state index contributed by atoms with van der Waals surface area (Å²) in [5.74, 6) is 0. The largest absolute Gasteiger partial charge is 0.386 e. The Kier molecular flexibility index (Phi) is 5.78. The molecule has 1 aromatic heterocycles. The number of carbonyl (C=O) groups excluding carboxylic acids is 1. The number of aliphatic hydroxyl groups is 1. The Morgan fingerprint density at radius 2 is 2.18 bits per heavy atom. The summed E-state index contributed by atoms with van der Waals surface area (Å²) in [6.45, 7) is 0.406. The molecule has 1 heterocycles. The topological polar surface area (TPSA) is 85.2 Å². The molecule has 22 heavy (non-hydrogen) atoms. The predicted molar refractivity (Wildman–Crippen MR) is 85.7 cm³/mol. The highest BCUT2D eigenvalue weighted by molar-refractivity contribution is 7.16. The van der Waals surface area contributed by atoms with Crippen LogP contribution in [0.5, 0.6) is 0 Å². The fraction of sp³-hybridized carbons (Fsp3) is 0.200. The number of nitriles is 1. The van der Waals surface area contributed by atoms with Crippen LogP contribution in [0.2, 0.25) is 4.34 Å². The predicted octanol–water partition coefficient (Wildman–Crippen LogP) is 2.81. The lowest BCUT2D eigenvalue weighted by Crippen LogP contribution is -2.37. The molecule has 3 N–H and O–H groups in total. The summed E-state index contributed by atoms with van der Waals surface area (Å²) < 4.78 is 0.593. The molecule has 1 unspecified atom stereocenters. The van der Waals surface area contributed by atoms with Gasteiger partial charge in [0, 0.05) is 11.4 Å². The van der Waals surface area contributed by atoms with Crippen LogP contribution < -0.4 is 10.6 Å². The maximum atomic E-state index is 11.7. The van der Waals surface area contributed by atoms with Gasteiger partial charge in [-0.3, -0.25) is 0 Å². The minimum Gasteiger partial charge on any atom is -0.386 e. The lowest BCUT2D eigenvalue weighted by Gasteiger charge is -2.11. The standard InChI is InChI=1S/C15H14ClN3O2S/c16-14-5-4-13(22-14)12(20)9-19-15(21)18-8-11-3-1-2-10(6-11)7-17/h1-6,12,20H,8-9H2,(H2,18,19,21). The number of carbonyl (C=O) groups is 1. The Labute approximate surface area is 137 Å². The van der Waals surface area contributed by atoms with E-state index < -0.39 is 6.10 Å². The minimum atomic E-state index is -0.787. The highest BCUT2D eigenvalue weighted by Crippen LogP contribution is 2.26. The zero-order valence-electron chi connectivity index (χ0n) is 11.5. The van der Waals surface area contributed by atoms with Gasteiger partial charge >= 0.3 is 6.03 Å². The van der Waals surface area contributed by atoms with Gasteiger partial charge in [-0.2, -0.15) is 5.26 Å². The van der Waals surface area contributed by atoms with Gasteiger partial charge in [0.1, 0.15) is 6.10 Å². The van der Waals surface area contributed by atoms with Crippen molar-refractivity contribution >= 4 is 29.0 Å². The van der Waals surface area contributed by atoms with Gasteiger partial charge in [0.25, 0.3) is 0 Å². The van der Waals surface area contributed by atoms with E-state index in [4.69, 9.17) is 16.9 Å². The number of amides is 2. The van der Waals surface area contributed by atoms with Crippen molar-refractivity contribution in [1.29, 1.82) is 5.26 Å². The number of urea groups is 1. The summed E-state index contributed by atoms with van der Waals surface area (Å²) in [6, 6.07) is 12.1. The monoisotopic (exact) mass is 335 g/mol. The number of nitrogens with one attached hydrogen (secondary N) is 2. The second-order valence-electron chi connectivity index (χ2n) is 4.53. The van der Waals surface area contributed by atoms with Gasteiger partial charge in [-0.1, -0.05) is 23.7 Å². The first kappa shape index (κ1) is 16.3. The van der Waals surface area contributed by atoms with E-state index in [1.807, 2.05) is 12.1 Å². The summed E-state index contributed by atoms with van der Waals surface area (Å²) in [6.07, 6.45) is -0.787. The van der Waals surface area contributed by atoms with Crippen molar-refractivity contribution in [2.45, 2.75) is 12.6 Å². The number of hydrogen-bond acceptors (Lipinski definition) is 4. The number of rotatable bonds is 5. The number of thiophene rings is 1. The van der Waals surface area contributed by atoms with Gasteiger partial charge in [-0.15, -0.1) is 11.3 Å². The van der Waals surface area contributed by atoms with Crippen molar-refractivity contribution in [1.82, 2.24) is 10.6 Å². The van der Waals surface area contributed by atoms with Crippen LogP contribution in [-0.4, -0.2) is 17.7 Å². The van der Waals surface area contributed by atoms with Gasteiger partial charge in [-0.25, -0.2) is 4.79 Å². The average Bonchev–Trinajstić information content (AvgIpc) is 2.97. The Bertz CT molecular complexity index is 696. The molecule has 0 aliphatic rings. The van der Waals surface area contributed by atoms with Crippen molar-refractivity contribution < 1.29 is 9.90 Å². The Balaban J connectivity index is 1.77. The second-order valence-corrected chi connectivity index (χ2v) is 6.28. The van der Waals surface area contributed by atoms with Crippen molar-refractivity contribution in [3.63, 3.8) is 0 Å². The fourth-order valence-corrected chi connectivity index (χ4v) is 2.84. The third-order valence-electron chi connectivity index (χ3n) is 2.89. The molecule has 0 aliphatic carbocycles. The van der Waals surface area contributed by atoms with Gasteiger partial charge in [0.2, 0.25) is 0 Å². The molecule has 0 fully saturated rings. The zero-order chi connectivity index (χ0) is 15.9. The van der Waals surface area contributed by atoms with Crippen molar-refractivity contribution in [3.05, 3.63) is 56.7 Å². The van der Waals surface area contributed by atoms with E-state index in [-0.39, 0.29) is 12.6 Å². The molecular weight excluding hydrogens is 322 g/mol. The van der Waals surface area contributed by atoms with E-state index in [0.29, 0.717) is 21.3 Å². The van der Waals surface area contributed by atoms with Gasteiger partial charge in [-0.05, 0) is 29.8 Å². The van der Waals surface area contributed by atoms with Crippen LogP contribution in [-0.2, 0) is 6.54 Å². The fourth-order valence-electron chi connectivity index (χ4n) is 1.79.